The van der Waals surface area contributed by atoms with Gasteiger partial charge in [0.2, 0.25) is 17.7 Å². The Labute approximate surface area is 416 Å². The Morgan fingerprint density at radius 2 is 1.47 bits per heavy atom. The van der Waals surface area contributed by atoms with Gasteiger partial charge in [0.1, 0.15) is 11.6 Å². The number of carbonyl (C=O) groups excluding carboxylic acids is 6. The Kier molecular flexibility index (Phi) is 22.9. The second-order valence-electron chi connectivity index (χ2n) is 21.1. The minimum Gasteiger partial charge on any atom is -0.481 e. The third-order valence-electron chi connectivity index (χ3n) is 15.9. The van der Waals surface area contributed by atoms with Crippen LogP contribution in [0.4, 0.5) is 0 Å². The first-order chi connectivity index (χ1) is 33.0. The van der Waals surface area contributed by atoms with Gasteiger partial charge in [-0.3, -0.25) is 38.1 Å². The van der Waals surface area contributed by atoms with Crippen LogP contribution < -0.4 is 0 Å². The fourth-order valence-corrected chi connectivity index (χ4v) is 12.5. The molecule has 3 aliphatic rings. The molecule has 1 aromatic carbocycles. The molecule has 12 atom stereocenters. The molecule has 16 nitrogen and oxygen atoms in total. The van der Waals surface area contributed by atoms with Gasteiger partial charge in [-0.2, -0.15) is 0 Å². The van der Waals surface area contributed by atoms with Crippen molar-refractivity contribution in [3.63, 3.8) is 0 Å². The molecule has 3 amide bonds. The summed E-state index contributed by atoms with van der Waals surface area (Å²) in [6, 6.07) is 7.30. The number of ether oxygens (including phenoxy) is 2. The lowest BCUT2D eigenvalue weighted by Crippen LogP contribution is -2.54. The van der Waals surface area contributed by atoms with Crippen LogP contribution in [0.2, 0.25) is 0 Å². The van der Waals surface area contributed by atoms with Crippen molar-refractivity contribution in [2.24, 2.45) is 35.5 Å². The van der Waals surface area contributed by atoms with Gasteiger partial charge in [0.15, 0.2) is 5.78 Å². The van der Waals surface area contributed by atoms with Gasteiger partial charge in [0.25, 0.3) is 0 Å². The van der Waals surface area contributed by atoms with E-state index < -0.39 is 67.3 Å². The molecule has 0 aromatic heterocycles. The summed E-state index contributed by atoms with van der Waals surface area (Å²) in [6.07, 6.45) is 5.66. The van der Waals surface area contributed by atoms with E-state index in [1.165, 1.54) is 14.2 Å². The molecule has 4 rings (SSSR count). The third kappa shape index (κ3) is 15.6. The van der Waals surface area contributed by atoms with Crippen molar-refractivity contribution in [3.8, 4) is 0 Å². The van der Waals surface area contributed by atoms with E-state index in [0.29, 0.717) is 50.6 Å². The molecule has 1 saturated carbocycles. The molecule has 2 saturated heterocycles. The first-order valence-electron chi connectivity index (χ1n) is 25.9. The van der Waals surface area contributed by atoms with Crippen LogP contribution in [0.3, 0.4) is 0 Å². The molecule has 0 spiro atoms. The van der Waals surface area contributed by atoms with Crippen molar-refractivity contribution < 1.29 is 62.5 Å². The molecule has 0 radical (unpaired) electrons. The summed E-state index contributed by atoms with van der Waals surface area (Å²) in [6.45, 7) is 11.6. The highest BCUT2D eigenvalue weighted by Gasteiger charge is 2.52. The van der Waals surface area contributed by atoms with E-state index in [-0.39, 0.29) is 97.4 Å². The largest absolute Gasteiger partial charge is 0.481 e. The van der Waals surface area contributed by atoms with E-state index in [9.17, 15) is 47.9 Å². The van der Waals surface area contributed by atoms with E-state index in [4.69, 9.17) is 14.6 Å². The summed E-state index contributed by atoms with van der Waals surface area (Å²) < 4.78 is 24.6. The SMILES string of the molecule is CC[C@H](C)[C@@H]([C@@H](CC(=O)N1CCC[C@H]1[C@H](OC)[C@@H](C)C(=O)C[C@@H](Cc1ccccc1)P(=O)(O)O)OC)N(C)C(=O)[C@@H](CC(=O)[C@@H]1[C@H]2CC[C@H](C2)N1C(=O)CCCCCCC(=O)C(C)CC(=O)O)C(C)C. The Bertz CT molecular complexity index is 1980. The van der Waals surface area contributed by atoms with Gasteiger partial charge in [-0.25, -0.2) is 0 Å². The number of nitrogens with zero attached hydrogens (tertiary/aromatic N) is 3. The number of rotatable bonds is 31. The highest BCUT2D eigenvalue weighted by molar-refractivity contribution is 7.52. The Balaban J connectivity index is 1.41. The molecule has 3 fully saturated rings. The van der Waals surface area contributed by atoms with Crippen molar-refractivity contribution >= 4 is 48.6 Å². The number of unbranched alkanes of at least 4 members (excludes halogenated alkanes) is 3. The van der Waals surface area contributed by atoms with Crippen molar-refractivity contribution in [2.45, 2.75) is 193 Å². The Morgan fingerprint density at radius 3 is 2.06 bits per heavy atom. The maximum Gasteiger partial charge on any atom is 0.329 e. The molecule has 70 heavy (non-hydrogen) atoms. The van der Waals surface area contributed by atoms with E-state index in [0.717, 1.165) is 32.1 Å². The number of ketones is 3. The number of carboxylic acid groups (broad SMARTS) is 1. The topological polar surface area (TPSA) is 225 Å². The monoisotopic (exact) mass is 1000 g/mol. The van der Waals surface area contributed by atoms with Gasteiger partial charge >= 0.3 is 13.6 Å². The minimum atomic E-state index is -4.64. The number of hydrogen-bond acceptors (Lipinski definition) is 10. The summed E-state index contributed by atoms with van der Waals surface area (Å²) in [4.78, 5) is 120. The van der Waals surface area contributed by atoms with Gasteiger partial charge in [0.05, 0.1) is 48.8 Å². The smallest absolute Gasteiger partial charge is 0.329 e. The predicted molar refractivity (Wildman–Crippen MR) is 266 cm³/mol. The average molecular weight is 1000 g/mol. The zero-order chi connectivity index (χ0) is 52.0. The highest BCUT2D eigenvalue weighted by Crippen LogP contribution is 2.46. The van der Waals surface area contributed by atoms with Gasteiger partial charge in [-0.15, -0.1) is 0 Å². The Morgan fingerprint density at radius 1 is 0.814 bits per heavy atom. The summed E-state index contributed by atoms with van der Waals surface area (Å²) in [5, 5.41) is 8.98. The highest BCUT2D eigenvalue weighted by atomic mass is 31.2. The molecule has 1 aliphatic carbocycles. The molecule has 394 valence electrons. The van der Waals surface area contributed by atoms with Crippen LogP contribution in [-0.4, -0.2) is 140 Å². The fraction of sp³-hybridized carbons (Fsp3) is 0.755. The summed E-state index contributed by atoms with van der Waals surface area (Å²) in [7, 11) is 0.0717. The average Bonchev–Trinajstić information content (AvgIpc) is 4.09. The molecular weight excluding hydrogens is 918 g/mol. The van der Waals surface area contributed by atoms with Gasteiger partial charge in [-0.05, 0) is 74.7 Å². The van der Waals surface area contributed by atoms with Crippen LogP contribution >= 0.6 is 7.60 Å². The maximum absolute atomic E-state index is 14.7. The first-order valence-corrected chi connectivity index (χ1v) is 27.6. The molecule has 2 aliphatic heterocycles. The second kappa shape index (κ2) is 27.3. The summed E-state index contributed by atoms with van der Waals surface area (Å²) >= 11 is 0. The van der Waals surface area contributed by atoms with Gasteiger partial charge in [-0.1, -0.05) is 91.1 Å². The number of amides is 3. The number of likely N-dealkylation sites (tertiary alicyclic amines) is 2. The lowest BCUT2D eigenvalue weighted by molar-refractivity contribution is -0.150. The predicted octanol–water partition coefficient (Wildman–Crippen LogP) is 7.29. The standard InChI is InChI=1S/C53H84N3O13P/c1-10-34(4)50(46(68-8)32-48(61)55-26-18-21-42(55)52(69-9)36(6)44(58)30-40(70(65,66)67)28-37-19-14-13-15-20-37)54(7)53(64)41(33(2)3)31-45(59)51-38-24-25-39(29-38)56(51)47(60)23-17-12-11-16-22-43(57)35(5)27-49(62)63/h13-15,19-20,33-36,38-42,46,50-52H,10-12,16-18,21-32H2,1-9H3,(H,62,63)(H2,65,66,67)/t34-,35?,36-,38-,39+,40+,41-,42-,46+,50-,51-,52+/m0/s1. The lowest BCUT2D eigenvalue weighted by Gasteiger charge is -2.41. The number of piperidine rings is 1. The number of carboxylic acids is 1. The molecule has 3 N–H and O–H groups in total. The normalized spacial score (nSPS) is 22.5. The molecule has 1 aromatic rings. The van der Waals surface area contributed by atoms with Crippen LogP contribution in [0.25, 0.3) is 0 Å². The second-order valence-corrected chi connectivity index (χ2v) is 23.0. The molecule has 2 heterocycles. The van der Waals surface area contributed by atoms with Crippen molar-refractivity contribution in [2.75, 3.05) is 27.8 Å². The van der Waals surface area contributed by atoms with Crippen molar-refractivity contribution in [1.82, 2.24) is 14.7 Å². The summed E-state index contributed by atoms with van der Waals surface area (Å²) in [5.41, 5.74) is -0.495. The zero-order valence-electron chi connectivity index (χ0n) is 43.3. The van der Waals surface area contributed by atoms with Crippen LogP contribution in [-0.2, 0) is 54.0 Å². The molecule has 17 heteroatoms. The quantitative estimate of drug-likeness (QED) is 0.0492. The summed E-state index contributed by atoms with van der Waals surface area (Å²) in [5.74, 6) is -4.29. The van der Waals surface area contributed by atoms with E-state index in [1.807, 2.05) is 33.8 Å². The Hall–Kier alpha value is -3.82. The van der Waals surface area contributed by atoms with Gasteiger partial charge in [0, 0.05) is 77.3 Å². The fourth-order valence-electron chi connectivity index (χ4n) is 11.6. The molecule has 2 bridgehead atoms. The number of likely N-dealkylation sites (N-methyl/N-ethyl adjacent to an activating group) is 1. The maximum atomic E-state index is 14.7. The van der Waals surface area contributed by atoms with E-state index in [2.05, 4.69) is 0 Å². The number of methoxy groups -OCH3 is 2. The number of fused-ring (bicyclic) bond motifs is 2. The molecule has 1 unspecified atom stereocenters. The first kappa shape index (κ1) is 58.7. The zero-order valence-corrected chi connectivity index (χ0v) is 44.2. The number of aliphatic carboxylic acids is 1. The number of benzene rings is 1. The number of Topliss-reactive ketones (excluding diaryl/α,β-unsaturated/α-hetero) is 3. The minimum absolute atomic E-state index is 0.00589. The third-order valence-corrected chi connectivity index (χ3v) is 17.2. The van der Waals surface area contributed by atoms with Crippen molar-refractivity contribution in [3.05, 3.63) is 35.9 Å². The van der Waals surface area contributed by atoms with Crippen LogP contribution in [0.5, 0.6) is 0 Å². The van der Waals surface area contributed by atoms with Crippen LogP contribution in [0.1, 0.15) is 150 Å². The number of carbonyl (C=O) groups is 7. The van der Waals surface area contributed by atoms with E-state index >= 15 is 0 Å². The number of hydrogen-bond donors (Lipinski definition) is 3. The van der Waals surface area contributed by atoms with E-state index in [1.54, 1.807) is 59.9 Å². The van der Waals surface area contributed by atoms with Crippen LogP contribution in [0, 0.1) is 35.5 Å². The van der Waals surface area contributed by atoms with Crippen LogP contribution in [0.15, 0.2) is 30.3 Å². The lowest BCUT2D eigenvalue weighted by atomic mass is 9.83. The van der Waals surface area contributed by atoms with Gasteiger partial charge < -0.3 is 39.1 Å². The molecular formula is C53H84N3O13P. The van der Waals surface area contributed by atoms with Crippen molar-refractivity contribution in [1.29, 1.82) is 0 Å².